The minimum atomic E-state index is 0.298. The lowest BCUT2D eigenvalue weighted by Crippen LogP contribution is -2.03. The molecule has 0 bridgehead atoms. The molecule has 0 radical (unpaired) electrons. The molecule has 2 aromatic rings. The predicted molar refractivity (Wildman–Crippen MR) is 83.5 cm³/mol. The second-order valence-electron chi connectivity index (χ2n) is 4.56. The van der Waals surface area contributed by atoms with Gasteiger partial charge in [0.25, 0.3) is 0 Å². The highest BCUT2D eigenvalue weighted by Gasteiger charge is 2.03. The van der Waals surface area contributed by atoms with Crippen molar-refractivity contribution in [2.24, 2.45) is 0 Å². The van der Waals surface area contributed by atoms with Crippen molar-refractivity contribution in [1.29, 1.82) is 0 Å². The van der Waals surface area contributed by atoms with E-state index in [2.05, 4.69) is 32.3 Å². The van der Waals surface area contributed by atoms with Gasteiger partial charge in [0.05, 0.1) is 0 Å². The third-order valence-corrected chi connectivity index (χ3v) is 3.82. The van der Waals surface area contributed by atoms with E-state index in [4.69, 9.17) is 5.11 Å². The van der Waals surface area contributed by atoms with Crippen molar-refractivity contribution in [2.75, 3.05) is 18.5 Å². The number of aliphatic hydroxyl groups is 1. The van der Waals surface area contributed by atoms with Crippen molar-refractivity contribution in [1.82, 2.24) is 4.98 Å². The van der Waals surface area contributed by atoms with Gasteiger partial charge in [-0.25, -0.2) is 4.98 Å². The lowest BCUT2D eigenvalue weighted by atomic mass is 10.1. The van der Waals surface area contributed by atoms with Crippen molar-refractivity contribution in [3.05, 3.63) is 34.9 Å². The summed E-state index contributed by atoms with van der Waals surface area (Å²) in [7, 11) is 0. The number of hydrogen-bond acceptors (Lipinski definition) is 3. The number of halogens is 1. The molecule has 0 saturated carbocycles. The average Bonchev–Trinajstić information content (AvgIpc) is 2.43. The zero-order valence-corrected chi connectivity index (χ0v) is 12.5. The molecule has 0 saturated heterocycles. The van der Waals surface area contributed by atoms with Crippen LogP contribution in [0.3, 0.4) is 0 Å². The van der Waals surface area contributed by atoms with Crippen LogP contribution in [0.2, 0.25) is 0 Å². The summed E-state index contributed by atoms with van der Waals surface area (Å²) in [6.45, 7) is 1.22. The summed E-state index contributed by atoms with van der Waals surface area (Å²) in [5.41, 5.74) is 0. The van der Waals surface area contributed by atoms with Crippen molar-refractivity contribution in [2.45, 2.75) is 25.7 Å². The fourth-order valence-corrected chi connectivity index (χ4v) is 2.61. The molecule has 2 N–H and O–H groups in total. The first kappa shape index (κ1) is 14.3. The molecule has 4 heteroatoms. The molecule has 0 aliphatic rings. The van der Waals surface area contributed by atoms with E-state index >= 15 is 0 Å². The number of nitrogens with one attached hydrogen (secondary N) is 1. The standard InChI is InChI=1S/C15H19BrN2O/c16-14-7-5-6-13-12(14)8-10-18-15(13)17-9-3-1-2-4-11-19/h5-8,10,19H,1-4,9,11H2,(H,17,18). The highest BCUT2D eigenvalue weighted by molar-refractivity contribution is 9.10. The zero-order chi connectivity index (χ0) is 13.5. The van der Waals surface area contributed by atoms with E-state index in [1.165, 1.54) is 5.39 Å². The first-order valence-electron chi connectivity index (χ1n) is 6.71. The van der Waals surface area contributed by atoms with E-state index in [1.54, 1.807) is 0 Å². The van der Waals surface area contributed by atoms with Crippen LogP contribution >= 0.6 is 15.9 Å². The van der Waals surface area contributed by atoms with E-state index in [1.807, 2.05) is 24.4 Å². The van der Waals surface area contributed by atoms with Crippen LogP contribution in [0.15, 0.2) is 34.9 Å². The summed E-state index contributed by atoms with van der Waals surface area (Å²) in [6.07, 6.45) is 6.07. The molecule has 19 heavy (non-hydrogen) atoms. The van der Waals surface area contributed by atoms with Gasteiger partial charge in [0.15, 0.2) is 0 Å². The number of aliphatic hydroxyl groups excluding tert-OH is 1. The molecule has 0 unspecified atom stereocenters. The second kappa shape index (κ2) is 7.46. The van der Waals surface area contributed by atoms with Gasteiger partial charge in [-0.2, -0.15) is 0 Å². The number of hydrogen-bond donors (Lipinski definition) is 2. The maximum Gasteiger partial charge on any atom is 0.133 e. The number of rotatable bonds is 7. The van der Waals surface area contributed by atoms with Gasteiger partial charge in [0.1, 0.15) is 5.82 Å². The van der Waals surface area contributed by atoms with Crippen LogP contribution in [0.5, 0.6) is 0 Å². The predicted octanol–water partition coefficient (Wildman–Crippen LogP) is 3.96. The molecule has 0 spiro atoms. The smallest absolute Gasteiger partial charge is 0.133 e. The van der Waals surface area contributed by atoms with Gasteiger partial charge in [-0.05, 0) is 25.0 Å². The first-order valence-corrected chi connectivity index (χ1v) is 7.50. The summed E-state index contributed by atoms with van der Waals surface area (Å²) in [5.74, 6) is 0.945. The monoisotopic (exact) mass is 322 g/mol. The number of anilines is 1. The first-order chi connectivity index (χ1) is 9.33. The lowest BCUT2D eigenvalue weighted by molar-refractivity contribution is 0.283. The number of fused-ring (bicyclic) bond motifs is 1. The largest absolute Gasteiger partial charge is 0.396 e. The average molecular weight is 323 g/mol. The van der Waals surface area contributed by atoms with Crippen molar-refractivity contribution in [3.8, 4) is 0 Å². The molecule has 0 fully saturated rings. The van der Waals surface area contributed by atoms with Gasteiger partial charge in [0.2, 0.25) is 0 Å². The lowest BCUT2D eigenvalue weighted by Gasteiger charge is -2.09. The Balaban J connectivity index is 1.95. The van der Waals surface area contributed by atoms with E-state index in [9.17, 15) is 0 Å². The highest BCUT2D eigenvalue weighted by Crippen LogP contribution is 2.27. The summed E-state index contributed by atoms with van der Waals surface area (Å²) in [6, 6.07) is 8.18. The molecule has 3 nitrogen and oxygen atoms in total. The van der Waals surface area contributed by atoms with Crippen LogP contribution in [0, 0.1) is 0 Å². The Morgan fingerprint density at radius 3 is 2.74 bits per heavy atom. The number of unbranched alkanes of at least 4 members (excludes halogenated alkanes) is 3. The third-order valence-electron chi connectivity index (χ3n) is 3.13. The molecule has 1 aromatic heterocycles. The van der Waals surface area contributed by atoms with Crippen LogP contribution < -0.4 is 5.32 Å². The number of pyridine rings is 1. The quantitative estimate of drug-likeness (QED) is 0.758. The minimum absolute atomic E-state index is 0.298. The van der Waals surface area contributed by atoms with Crippen LogP contribution in [0.25, 0.3) is 10.8 Å². The SMILES string of the molecule is OCCCCCCNc1nccc2c(Br)cccc12. The summed E-state index contributed by atoms with van der Waals surface area (Å²) in [4.78, 5) is 4.41. The number of aromatic nitrogens is 1. The fourth-order valence-electron chi connectivity index (χ4n) is 2.11. The minimum Gasteiger partial charge on any atom is -0.396 e. The topological polar surface area (TPSA) is 45.1 Å². The Kier molecular flexibility index (Phi) is 5.61. The maximum absolute atomic E-state index is 8.72. The normalized spacial score (nSPS) is 10.8. The Morgan fingerprint density at radius 1 is 1.05 bits per heavy atom. The van der Waals surface area contributed by atoms with Crippen LogP contribution in [0.1, 0.15) is 25.7 Å². The Morgan fingerprint density at radius 2 is 1.89 bits per heavy atom. The van der Waals surface area contributed by atoms with E-state index in [0.717, 1.165) is 47.9 Å². The molecule has 0 aliphatic heterocycles. The molecular weight excluding hydrogens is 304 g/mol. The highest BCUT2D eigenvalue weighted by atomic mass is 79.9. The second-order valence-corrected chi connectivity index (χ2v) is 5.41. The van der Waals surface area contributed by atoms with Crippen LogP contribution in [-0.2, 0) is 0 Å². The zero-order valence-electron chi connectivity index (χ0n) is 10.9. The van der Waals surface area contributed by atoms with E-state index in [-0.39, 0.29) is 0 Å². The fraction of sp³-hybridized carbons (Fsp3) is 0.400. The Hall–Kier alpha value is -1.13. The summed E-state index contributed by atoms with van der Waals surface area (Å²) in [5, 5.41) is 14.4. The van der Waals surface area contributed by atoms with Crippen molar-refractivity contribution >= 4 is 32.5 Å². The molecule has 1 aromatic carbocycles. The molecule has 0 amide bonds. The van der Waals surface area contributed by atoms with Crippen molar-refractivity contribution < 1.29 is 5.11 Å². The summed E-state index contributed by atoms with van der Waals surface area (Å²) < 4.78 is 1.10. The van der Waals surface area contributed by atoms with Gasteiger partial charge in [-0.15, -0.1) is 0 Å². The van der Waals surface area contributed by atoms with Gasteiger partial charge in [-0.1, -0.05) is 40.9 Å². The van der Waals surface area contributed by atoms with Gasteiger partial charge in [-0.3, -0.25) is 0 Å². The molecule has 1 heterocycles. The van der Waals surface area contributed by atoms with E-state index in [0.29, 0.717) is 6.61 Å². The van der Waals surface area contributed by atoms with Crippen LogP contribution in [-0.4, -0.2) is 23.2 Å². The summed E-state index contributed by atoms with van der Waals surface area (Å²) >= 11 is 3.56. The Bertz CT molecular complexity index is 531. The Labute approximate surface area is 122 Å². The van der Waals surface area contributed by atoms with Gasteiger partial charge < -0.3 is 10.4 Å². The molecule has 0 aliphatic carbocycles. The molecular formula is C15H19BrN2O. The number of benzene rings is 1. The third kappa shape index (κ3) is 3.91. The van der Waals surface area contributed by atoms with Gasteiger partial charge in [0, 0.05) is 34.6 Å². The maximum atomic E-state index is 8.72. The number of nitrogens with zero attached hydrogens (tertiary/aromatic N) is 1. The van der Waals surface area contributed by atoms with Crippen molar-refractivity contribution in [3.63, 3.8) is 0 Å². The molecule has 102 valence electrons. The van der Waals surface area contributed by atoms with Crippen LogP contribution in [0.4, 0.5) is 5.82 Å². The van der Waals surface area contributed by atoms with E-state index < -0.39 is 0 Å². The van der Waals surface area contributed by atoms with Gasteiger partial charge >= 0.3 is 0 Å². The molecule has 0 atom stereocenters. The molecule has 2 rings (SSSR count).